The van der Waals surface area contributed by atoms with Crippen molar-refractivity contribution in [3.05, 3.63) is 30.6 Å². The van der Waals surface area contributed by atoms with Gasteiger partial charge in [0.1, 0.15) is 17.1 Å². The Morgan fingerprint density at radius 3 is 2.45 bits per heavy atom. The van der Waals surface area contributed by atoms with Crippen LogP contribution in [0.15, 0.2) is 29.8 Å². The van der Waals surface area contributed by atoms with Crippen LogP contribution < -0.4 is 0 Å². The van der Waals surface area contributed by atoms with E-state index in [1.54, 1.807) is 21.1 Å². The van der Waals surface area contributed by atoms with Gasteiger partial charge in [0.2, 0.25) is 10.0 Å². The lowest BCUT2D eigenvalue weighted by molar-refractivity contribution is -0.137. The average Bonchev–Trinajstić information content (AvgIpc) is 2.79. The Hall–Kier alpha value is -2.13. The van der Waals surface area contributed by atoms with E-state index < -0.39 is 22.5 Å². The first-order valence-electron chi connectivity index (χ1n) is 6.32. The zero-order valence-corrected chi connectivity index (χ0v) is 13.5. The number of carbonyl (C=O) groups is 2. The molecule has 1 rings (SSSR count). The van der Waals surface area contributed by atoms with Crippen LogP contribution in [0.2, 0.25) is 0 Å². The molecule has 0 unspecified atom stereocenters. The molecule has 0 aromatic carbocycles. The molecule has 1 heterocycles. The number of amides is 1. The van der Waals surface area contributed by atoms with Crippen LogP contribution in [0.3, 0.4) is 0 Å². The molecule has 0 saturated carbocycles. The maximum absolute atomic E-state index is 12.5. The number of hydrogen-bond donors (Lipinski definition) is 1. The van der Waals surface area contributed by atoms with Crippen molar-refractivity contribution >= 4 is 21.9 Å². The molecule has 1 amide bonds. The van der Waals surface area contributed by atoms with Crippen LogP contribution in [-0.2, 0) is 21.9 Å². The Morgan fingerprint density at radius 1 is 1.41 bits per heavy atom. The summed E-state index contributed by atoms with van der Waals surface area (Å²) in [5.74, 6) is -1.62. The van der Waals surface area contributed by atoms with Crippen LogP contribution in [0.25, 0.3) is 0 Å². The number of carboxylic acids is 1. The van der Waals surface area contributed by atoms with Crippen molar-refractivity contribution in [2.24, 2.45) is 7.05 Å². The first-order chi connectivity index (χ1) is 10.1. The lowest BCUT2D eigenvalue weighted by Crippen LogP contribution is -2.35. The highest BCUT2D eigenvalue weighted by molar-refractivity contribution is 7.89. The molecule has 9 heteroatoms. The minimum Gasteiger partial charge on any atom is -0.480 e. The number of rotatable bonds is 7. The molecule has 0 bridgehead atoms. The van der Waals surface area contributed by atoms with E-state index in [2.05, 4.69) is 6.58 Å². The van der Waals surface area contributed by atoms with Crippen molar-refractivity contribution < 1.29 is 23.1 Å². The summed E-state index contributed by atoms with van der Waals surface area (Å²) in [5.41, 5.74) is 0.192. The van der Waals surface area contributed by atoms with Gasteiger partial charge in [-0.3, -0.25) is 9.59 Å². The standard InChI is InChI=1S/C13H19N3O5S/c1-5-6-16(9-12(17)18)22(20,21)10-7-11(15(4)8-10)13(19)14(2)3/h5,7-8H,1,6,9H2,2-4H3,(H,17,18). The van der Waals surface area contributed by atoms with Crippen molar-refractivity contribution in [2.45, 2.75) is 4.90 Å². The molecule has 22 heavy (non-hydrogen) atoms. The fourth-order valence-electron chi connectivity index (χ4n) is 1.81. The summed E-state index contributed by atoms with van der Waals surface area (Å²) in [5, 5.41) is 8.84. The van der Waals surface area contributed by atoms with Crippen molar-refractivity contribution in [3.63, 3.8) is 0 Å². The molecule has 0 atom stereocenters. The number of sulfonamides is 1. The minimum absolute atomic E-state index is 0.136. The van der Waals surface area contributed by atoms with Crippen molar-refractivity contribution in [1.29, 1.82) is 0 Å². The summed E-state index contributed by atoms with van der Waals surface area (Å²) in [7, 11) is 0.624. The Labute approximate surface area is 129 Å². The zero-order chi connectivity index (χ0) is 17.1. The molecule has 0 aliphatic rings. The average molecular weight is 329 g/mol. The molecule has 8 nitrogen and oxygen atoms in total. The molecular weight excluding hydrogens is 310 g/mol. The number of hydrogen-bond acceptors (Lipinski definition) is 4. The van der Waals surface area contributed by atoms with E-state index in [1.807, 2.05) is 0 Å². The van der Waals surface area contributed by atoms with E-state index in [-0.39, 0.29) is 23.0 Å². The molecule has 122 valence electrons. The van der Waals surface area contributed by atoms with Crippen molar-refractivity contribution in [2.75, 3.05) is 27.2 Å². The van der Waals surface area contributed by atoms with Gasteiger partial charge in [0, 0.05) is 33.9 Å². The molecule has 0 saturated heterocycles. The second-order valence-electron chi connectivity index (χ2n) is 4.85. The molecule has 0 fully saturated rings. The highest BCUT2D eigenvalue weighted by Gasteiger charge is 2.28. The van der Waals surface area contributed by atoms with E-state index in [0.29, 0.717) is 0 Å². The highest BCUT2D eigenvalue weighted by Crippen LogP contribution is 2.19. The van der Waals surface area contributed by atoms with E-state index in [1.165, 1.54) is 27.8 Å². The summed E-state index contributed by atoms with van der Waals surface area (Å²) >= 11 is 0. The maximum Gasteiger partial charge on any atom is 0.318 e. The summed E-state index contributed by atoms with van der Waals surface area (Å²) in [6.45, 7) is 2.61. The molecule has 0 radical (unpaired) electrons. The first-order valence-corrected chi connectivity index (χ1v) is 7.76. The summed E-state index contributed by atoms with van der Waals surface area (Å²) < 4.78 is 27.2. The van der Waals surface area contributed by atoms with Gasteiger partial charge < -0.3 is 14.6 Å². The molecule has 0 aliphatic heterocycles. The molecular formula is C13H19N3O5S. The zero-order valence-electron chi connectivity index (χ0n) is 12.7. The third-order valence-electron chi connectivity index (χ3n) is 2.89. The first kappa shape index (κ1) is 17.9. The van der Waals surface area contributed by atoms with Crippen molar-refractivity contribution in [3.8, 4) is 0 Å². The Balaban J connectivity index is 3.27. The number of aryl methyl sites for hydroxylation is 1. The fourth-order valence-corrected chi connectivity index (χ4v) is 3.24. The van der Waals surface area contributed by atoms with Gasteiger partial charge in [0.25, 0.3) is 5.91 Å². The number of carbonyl (C=O) groups excluding carboxylic acids is 1. The molecule has 0 spiro atoms. The van der Waals surface area contributed by atoms with Gasteiger partial charge in [-0.05, 0) is 6.07 Å². The van der Waals surface area contributed by atoms with Crippen LogP contribution in [0.1, 0.15) is 10.5 Å². The lowest BCUT2D eigenvalue weighted by Gasteiger charge is -2.17. The van der Waals surface area contributed by atoms with E-state index >= 15 is 0 Å². The molecule has 1 aromatic heterocycles. The van der Waals surface area contributed by atoms with Crippen LogP contribution in [0, 0.1) is 0 Å². The van der Waals surface area contributed by atoms with Crippen LogP contribution >= 0.6 is 0 Å². The summed E-state index contributed by atoms with van der Waals surface area (Å²) in [6, 6.07) is 1.23. The second kappa shape index (κ2) is 6.75. The monoisotopic (exact) mass is 329 g/mol. The third-order valence-corrected chi connectivity index (χ3v) is 4.66. The fraction of sp³-hybridized carbons (Fsp3) is 0.385. The van der Waals surface area contributed by atoms with Crippen molar-refractivity contribution in [1.82, 2.24) is 13.8 Å². The largest absolute Gasteiger partial charge is 0.480 e. The SMILES string of the molecule is C=CCN(CC(=O)O)S(=O)(=O)c1cc(C(=O)N(C)C)n(C)c1. The predicted molar refractivity (Wildman–Crippen MR) is 80.0 cm³/mol. The smallest absolute Gasteiger partial charge is 0.318 e. The topological polar surface area (TPSA) is 99.9 Å². The van der Waals surface area contributed by atoms with Gasteiger partial charge in [-0.25, -0.2) is 8.42 Å². The Kier molecular flexibility index (Phi) is 5.50. The summed E-state index contributed by atoms with van der Waals surface area (Å²) in [6.07, 6.45) is 2.58. The van der Waals surface area contributed by atoms with Gasteiger partial charge in [-0.2, -0.15) is 4.31 Å². The number of nitrogens with zero attached hydrogens (tertiary/aromatic N) is 3. The molecule has 1 aromatic rings. The molecule has 0 aliphatic carbocycles. The third kappa shape index (κ3) is 3.74. The second-order valence-corrected chi connectivity index (χ2v) is 6.79. The van der Waals surface area contributed by atoms with Gasteiger partial charge in [-0.15, -0.1) is 6.58 Å². The summed E-state index contributed by atoms with van der Waals surface area (Å²) in [4.78, 5) is 24.0. The number of aliphatic carboxylic acids is 1. The van der Waals surface area contributed by atoms with Crippen LogP contribution in [0.4, 0.5) is 0 Å². The highest BCUT2D eigenvalue weighted by atomic mass is 32.2. The number of aromatic nitrogens is 1. The normalized spacial score (nSPS) is 11.5. The van der Waals surface area contributed by atoms with Crippen LogP contribution in [0.5, 0.6) is 0 Å². The Morgan fingerprint density at radius 2 is 2.00 bits per heavy atom. The van der Waals surface area contributed by atoms with E-state index in [9.17, 15) is 18.0 Å². The minimum atomic E-state index is -4.03. The van der Waals surface area contributed by atoms with Gasteiger partial charge in [-0.1, -0.05) is 6.08 Å². The number of carboxylic acid groups (broad SMARTS) is 1. The van der Waals surface area contributed by atoms with E-state index in [0.717, 1.165) is 4.31 Å². The quantitative estimate of drug-likeness (QED) is 0.709. The van der Waals surface area contributed by atoms with Gasteiger partial charge in [0.05, 0.1) is 0 Å². The van der Waals surface area contributed by atoms with Gasteiger partial charge in [0.15, 0.2) is 0 Å². The van der Waals surface area contributed by atoms with Crippen LogP contribution in [-0.4, -0.2) is 66.4 Å². The molecule has 1 N–H and O–H groups in total. The van der Waals surface area contributed by atoms with E-state index in [4.69, 9.17) is 5.11 Å². The Bertz CT molecular complexity index is 691. The maximum atomic E-state index is 12.5. The predicted octanol–water partition coefficient (Wildman–Crippen LogP) is -0.0118. The lowest BCUT2D eigenvalue weighted by atomic mass is 10.4. The van der Waals surface area contributed by atoms with Gasteiger partial charge >= 0.3 is 5.97 Å².